The number of furan rings is 3. The van der Waals surface area contributed by atoms with Crippen molar-refractivity contribution in [2.45, 2.75) is 0 Å². The number of benzene rings is 8. The zero-order chi connectivity index (χ0) is 33.5. The smallest absolute Gasteiger partial charge is 0.143 e. The van der Waals surface area contributed by atoms with E-state index in [0.717, 1.165) is 110 Å². The van der Waals surface area contributed by atoms with E-state index < -0.39 is 0 Å². The highest BCUT2D eigenvalue weighted by Crippen LogP contribution is 2.43. The van der Waals surface area contributed by atoms with Crippen molar-refractivity contribution in [3.05, 3.63) is 170 Å². The molecule has 0 saturated carbocycles. The van der Waals surface area contributed by atoms with Gasteiger partial charge in [0, 0.05) is 37.9 Å². The van der Waals surface area contributed by atoms with E-state index in [0.29, 0.717) is 0 Å². The second-order valence-electron chi connectivity index (χ2n) is 13.2. The van der Waals surface area contributed by atoms with Crippen molar-refractivity contribution in [2.24, 2.45) is 0 Å². The lowest BCUT2D eigenvalue weighted by atomic mass is 9.93. The lowest BCUT2D eigenvalue weighted by Crippen LogP contribution is -1.85. The Balaban J connectivity index is 0.991. The number of para-hydroxylation sites is 3. The number of hydrogen-bond donors (Lipinski definition) is 0. The molecular weight excluding hydrogens is 625 g/mol. The summed E-state index contributed by atoms with van der Waals surface area (Å²) >= 11 is 0. The Morgan fingerprint density at radius 1 is 0.255 bits per heavy atom. The van der Waals surface area contributed by atoms with Crippen molar-refractivity contribution in [1.29, 1.82) is 0 Å². The lowest BCUT2D eigenvalue weighted by molar-refractivity contribution is 0.668. The highest BCUT2D eigenvalue weighted by atomic mass is 16.3. The first kappa shape index (κ1) is 28.0. The predicted octanol–water partition coefficient (Wildman–Crippen LogP) is 14.1. The van der Waals surface area contributed by atoms with Crippen molar-refractivity contribution >= 4 is 65.8 Å². The van der Waals surface area contributed by atoms with Gasteiger partial charge in [-0.05, 0) is 75.3 Å². The summed E-state index contributed by atoms with van der Waals surface area (Å²) in [6.45, 7) is 0. The molecule has 0 amide bonds. The minimum atomic E-state index is 0.877. The standard InChI is InChI=1S/C48H28O3/c1-3-14-41-37(8-1)39-27-26-33(28-45(39)49-41)29-18-20-30(21-19-29)34-10-6-16-43-46(34)47-35(11-7-17-44(47)50-43)31-22-24-32(25-23-31)36-12-5-13-40-38-9-2-4-15-42(38)51-48(36)40/h1-28H. The predicted molar refractivity (Wildman–Crippen MR) is 210 cm³/mol. The Morgan fingerprint density at radius 3 is 1.35 bits per heavy atom. The molecule has 3 nitrogen and oxygen atoms in total. The summed E-state index contributed by atoms with van der Waals surface area (Å²) in [4.78, 5) is 0. The number of fused-ring (bicyclic) bond motifs is 9. The third-order valence-corrected chi connectivity index (χ3v) is 10.3. The van der Waals surface area contributed by atoms with Crippen LogP contribution in [0.4, 0.5) is 0 Å². The fraction of sp³-hybridized carbons (Fsp3) is 0. The largest absolute Gasteiger partial charge is 0.456 e. The molecule has 0 radical (unpaired) electrons. The molecule has 3 aromatic heterocycles. The van der Waals surface area contributed by atoms with Crippen molar-refractivity contribution in [3.63, 3.8) is 0 Å². The summed E-state index contributed by atoms with van der Waals surface area (Å²) in [5, 5.41) is 6.79. The number of hydrogen-bond acceptors (Lipinski definition) is 3. The van der Waals surface area contributed by atoms with Crippen LogP contribution in [0.15, 0.2) is 183 Å². The Kier molecular flexibility index (Phi) is 5.96. The Hall–Kier alpha value is -6.84. The van der Waals surface area contributed by atoms with Crippen LogP contribution < -0.4 is 0 Å². The van der Waals surface area contributed by atoms with Crippen LogP contribution in [0.2, 0.25) is 0 Å². The normalized spacial score (nSPS) is 11.9. The van der Waals surface area contributed by atoms with Crippen molar-refractivity contribution in [2.75, 3.05) is 0 Å². The summed E-state index contributed by atoms with van der Waals surface area (Å²) in [5.74, 6) is 0. The second kappa shape index (κ2) is 10.8. The third kappa shape index (κ3) is 4.32. The van der Waals surface area contributed by atoms with E-state index in [1.165, 1.54) is 0 Å². The Labute approximate surface area is 292 Å². The van der Waals surface area contributed by atoms with E-state index in [-0.39, 0.29) is 0 Å². The van der Waals surface area contributed by atoms with Gasteiger partial charge < -0.3 is 13.3 Å². The molecule has 0 aliphatic heterocycles. The highest BCUT2D eigenvalue weighted by Gasteiger charge is 2.18. The monoisotopic (exact) mass is 652 g/mol. The van der Waals surface area contributed by atoms with Gasteiger partial charge in [0.1, 0.15) is 33.5 Å². The minimum absolute atomic E-state index is 0.877. The molecule has 11 aromatic rings. The minimum Gasteiger partial charge on any atom is -0.456 e. The van der Waals surface area contributed by atoms with Gasteiger partial charge in [0.15, 0.2) is 0 Å². The molecule has 0 aliphatic carbocycles. The summed E-state index contributed by atoms with van der Waals surface area (Å²) in [6, 6.07) is 59.6. The summed E-state index contributed by atoms with van der Waals surface area (Å²) in [6.07, 6.45) is 0. The molecular formula is C48H28O3. The van der Waals surface area contributed by atoms with E-state index >= 15 is 0 Å². The van der Waals surface area contributed by atoms with Gasteiger partial charge >= 0.3 is 0 Å². The first-order valence-corrected chi connectivity index (χ1v) is 17.2. The average molecular weight is 653 g/mol. The highest BCUT2D eigenvalue weighted by molar-refractivity contribution is 6.18. The van der Waals surface area contributed by atoms with Gasteiger partial charge in [-0.2, -0.15) is 0 Å². The average Bonchev–Trinajstić information content (AvgIpc) is 3.89. The molecule has 0 atom stereocenters. The second-order valence-corrected chi connectivity index (χ2v) is 13.2. The molecule has 8 aromatic carbocycles. The van der Waals surface area contributed by atoms with E-state index in [1.807, 2.05) is 24.3 Å². The molecule has 0 saturated heterocycles. The van der Waals surface area contributed by atoms with Gasteiger partial charge in [0.05, 0.1) is 0 Å². The summed E-state index contributed by atoms with van der Waals surface area (Å²) < 4.78 is 19.0. The van der Waals surface area contributed by atoms with E-state index in [2.05, 4.69) is 146 Å². The maximum Gasteiger partial charge on any atom is 0.143 e. The quantitative estimate of drug-likeness (QED) is 0.190. The van der Waals surface area contributed by atoms with Gasteiger partial charge in [-0.25, -0.2) is 0 Å². The molecule has 0 fully saturated rings. The van der Waals surface area contributed by atoms with Crippen LogP contribution in [0.3, 0.4) is 0 Å². The molecule has 11 rings (SSSR count). The van der Waals surface area contributed by atoms with Crippen molar-refractivity contribution in [3.8, 4) is 44.5 Å². The van der Waals surface area contributed by atoms with Crippen LogP contribution in [0.1, 0.15) is 0 Å². The number of rotatable bonds is 4. The maximum absolute atomic E-state index is 6.48. The lowest BCUT2D eigenvalue weighted by Gasteiger charge is -2.09. The van der Waals surface area contributed by atoms with Crippen LogP contribution in [0.5, 0.6) is 0 Å². The first-order chi connectivity index (χ1) is 25.3. The summed E-state index contributed by atoms with van der Waals surface area (Å²) in [7, 11) is 0. The van der Waals surface area contributed by atoms with Gasteiger partial charge in [-0.1, -0.05) is 133 Å². The molecule has 3 heterocycles. The van der Waals surface area contributed by atoms with Gasteiger partial charge in [-0.15, -0.1) is 0 Å². The zero-order valence-corrected chi connectivity index (χ0v) is 27.4. The fourth-order valence-corrected chi connectivity index (χ4v) is 7.90. The van der Waals surface area contributed by atoms with Crippen molar-refractivity contribution in [1.82, 2.24) is 0 Å². The molecule has 0 aliphatic rings. The van der Waals surface area contributed by atoms with Gasteiger partial charge in [0.2, 0.25) is 0 Å². The van der Waals surface area contributed by atoms with Crippen LogP contribution in [0, 0.1) is 0 Å². The molecule has 0 N–H and O–H groups in total. The topological polar surface area (TPSA) is 39.4 Å². The fourth-order valence-electron chi connectivity index (χ4n) is 7.90. The van der Waals surface area contributed by atoms with Gasteiger partial charge in [-0.3, -0.25) is 0 Å². The summed E-state index contributed by atoms with van der Waals surface area (Å²) in [5.41, 5.74) is 14.4. The molecule has 238 valence electrons. The first-order valence-electron chi connectivity index (χ1n) is 17.2. The van der Waals surface area contributed by atoms with E-state index in [9.17, 15) is 0 Å². The van der Waals surface area contributed by atoms with Gasteiger partial charge in [0.25, 0.3) is 0 Å². The molecule has 51 heavy (non-hydrogen) atoms. The van der Waals surface area contributed by atoms with Crippen LogP contribution in [0.25, 0.3) is 110 Å². The molecule has 0 unspecified atom stereocenters. The Morgan fingerprint density at radius 2 is 0.686 bits per heavy atom. The zero-order valence-electron chi connectivity index (χ0n) is 27.4. The van der Waals surface area contributed by atoms with Crippen LogP contribution in [-0.4, -0.2) is 0 Å². The third-order valence-electron chi connectivity index (χ3n) is 10.3. The maximum atomic E-state index is 6.48. The van der Waals surface area contributed by atoms with E-state index in [1.54, 1.807) is 0 Å². The molecule has 0 bridgehead atoms. The Bertz CT molecular complexity index is 3120. The SMILES string of the molecule is c1ccc2c(c1)oc1cc(-c3ccc(-c4cccc5oc6cccc(-c7ccc(-c8cccc9c8oc8ccccc89)cc7)c6c45)cc3)ccc12. The van der Waals surface area contributed by atoms with Crippen LogP contribution in [-0.2, 0) is 0 Å². The van der Waals surface area contributed by atoms with Crippen LogP contribution >= 0.6 is 0 Å². The molecule has 0 spiro atoms. The van der Waals surface area contributed by atoms with Crippen molar-refractivity contribution < 1.29 is 13.3 Å². The van der Waals surface area contributed by atoms with E-state index in [4.69, 9.17) is 13.3 Å². The molecule has 3 heteroatoms.